The number of nitrogens with two attached hydrogens (primary N) is 1. The van der Waals surface area contributed by atoms with Gasteiger partial charge in [0.25, 0.3) is 0 Å². The molecule has 0 bridgehead atoms. The monoisotopic (exact) mass is 364 g/mol. The Labute approximate surface area is 124 Å². The van der Waals surface area contributed by atoms with Crippen molar-refractivity contribution < 1.29 is 12.8 Å². The van der Waals surface area contributed by atoms with E-state index in [1.54, 1.807) is 10.6 Å². The van der Waals surface area contributed by atoms with Gasteiger partial charge in [0.15, 0.2) is 0 Å². The Morgan fingerprint density at radius 3 is 2.85 bits per heavy atom. The average molecular weight is 365 g/mol. The smallest absolute Gasteiger partial charge is 0.208 e. The van der Waals surface area contributed by atoms with E-state index in [9.17, 15) is 12.8 Å². The molecule has 0 aliphatic heterocycles. The van der Waals surface area contributed by atoms with Gasteiger partial charge >= 0.3 is 0 Å². The highest BCUT2D eigenvalue weighted by atomic mass is 79.9. The van der Waals surface area contributed by atoms with Crippen LogP contribution in [0, 0.1) is 5.82 Å². The zero-order valence-corrected chi connectivity index (χ0v) is 13.1. The molecule has 0 fully saturated rings. The molecule has 0 amide bonds. The van der Waals surface area contributed by atoms with Gasteiger partial charge in [-0.2, -0.15) is 0 Å². The summed E-state index contributed by atoms with van der Waals surface area (Å²) in [5, 5.41) is 0. The predicted octanol–water partition coefficient (Wildman–Crippen LogP) is 1.46. The molecule has 6 nitrogen and oxygen atoms in total. The van der Waals surface area contributed by atoms with E-state index >= 15 is 0 Å². The Morgan fingerprint density at radius 1 is 1.50 bits per heavy atom. The lowest BCUT2D eigenvalue weighted by Crippen LogP contribution is -2.24. The van der Waals surface area contributed by atoms with Crippen LogP contribution >= 0.6 is 15.9 Å². The van der Waals surface area contributed by atoms with Gasteiger partial charge in [-0.15, -0.1) is 0 Å². The molecule has 1 heterocycles. The third kappa shape index (κ3) is 3.47. The minimum absolute atomic E-state index is 0.275. The zero-order chi connectivity index (χ0) is 14.9. The summed E-state index contributed by atoms with van der Waals surface area (Å²) in [4.78, 5) is 4.15. The van der Waals surface area contributed by atoms with Crippen LogP contribution in [0.4, 0.5) is 10.3 Å². The van der Waals surface area contributed by atoms with Crippen LogP contribution < -0.4 is 10.5 Å². The maximum atomic E-state index is 13.6. The molecule has 9 heteroatoms. The van der Waals surface area contributed by atoms with E-state index in [-0.39, 0.29) is 12.5 Å². The lowest BCUT2D eigenvalue weighted by atomic mass is 10.3. The number of imidazole rings is 1. The molecular weight excluding hydrogens is 351 g/mol. The molecule has 3 N–H and O–H groups in total. The maximum absolute atomic E-state index is 13.6. The number of nitrogen functional groups attached to an aromatic ring is 1. The third-order valence-corrected chi connectivity index (χ3v) is 4.08. The number of aryl methyl sites for hydroxylation is 1. The Balaban J connectivity index is 2.17. The number of aromatic nitrogens is 2. The standard InChI is InChI=1S/C11H14BrFN4O2S/c1-20(18,19)15-3-2-4-17-10-6-8(13)7(12)5-9(10)16-11(17)14/h5-6,15H,2-4H2,1H3,(H2,14,16). The molecule has 0 unspecified atom stereocenters. The highest BCUT2D eigenvalue weighted by molar-refractivity contribution is 9.10. The Kier molecular flexibility index (Phi) is 4.31. The number of sulfonamides is 1. The fourth-order valence-electron chi connectivity index (χ4n) is 1.87. The van der Waals surface area contributed by atoms with Gasteiger partial charge in [-0.05, 0) is 28.4 Å². The van der Waals surface area contributed by atoms with Crippen molar-refractivity contribution in [3.05, 3.63) is 22.4 Å². The number of nitrogens with one attached hydrogen (secondary N) is 1. The normalized spacial score (nSPS) is 12.2. The number of nitrogens with zero attached hydrogens (tertiary/aromatic N) is 2. The molecular formula is C11H14BrFN4O2S. The van der Waals surface area contributed by atoms with Crippen molar-refractivity contribution in [2.24, 2.45) is 0 Å². The highest BCUT2D eigenvalue weighted by Crippen LogP contribution is 2.25. The molecule has 0 spiro atoms. The molecule has 0 aliphatic rings. The van der Waals surface area contributed by atoms with E-state index in [0.717, 1.165) is 6.26 Å². The average Bonchev–Trinajstić information content (AvgIpc) is 2.60. The molecule has 1 aromatic heterocycles. The molecule has 0 saturated carbocycles. The lowest BCUT2D eigenvalue weighted by Gasteiger charge is -2.07. The second-order valence-electron chi connectivity index (χ2n) is 4.40. The lowest BCUT2D eigenvalue weighted by molar-refractivity contribution is 0.578. The summed E-state index contributed by atoms with van der Waals surface area (Å²) in [6.45, 7) is 0.739. The predicted molar refractivity (Wildman–Crippen MR) is 79.3 cm³/mol. The Hall–Kier alpha value is -1.19. The fourth-order valence-corrected chi connectivity index (χ4v) is 2.71. The first-order chi connectivity index (χ1) is 9.28. The molecule has 1 aromatic carbocycles. The Morgan fingerprint density at radius 2 is 2.20 bits per heavy atom. The first kappa shape index (κ1) is 15.2. The van der Waals surface area contributed by atoms with E-state index in [1.165, 1.54) is 6.07 Å². The first-order valence-electron chi connectivity index (χ1n) is 5.83. The molecule has 0 radical (unpaired) electrons. The molecule has 0 atom stereocenters. The second-order valence-corrected chi connectivity index (χ2v) is 7.08. The quantitative estimate of drug-likeness (QED) is 0.785. The van der Waals surface area contributed by atoms with Crippen LogP contribution in [0.1, 0.15) is 6.42 Å². The van der Waals surface area contributed by atoms with Crippen LogP contribution in [0.25, 0.3) is 11.0 Å². The molecule has 110 valence electrons. The number of anilines is 1. The summed E-state index contributed by atoms with van der Waals surface area (Å²) in [6, 6.07) is 2.92. The van der Waals surface area contributed by atoms with Crippen LogP contribution in [0.15, 0.2) is 16.6 Å². The number of benzene rings is 1. The van der Waals surface area contributed by atoms with Crippen LogP contribution in [0.5, 0.6) is 0 Å². The van der Waals surface area contributed by atoms with Crippen LogP contribution in [-0.2, 0) is 16.6 Å². The maximum Gasteiger partial charge on any atom is 0.208 e. The van der Waals surface area contributed by atoms with E-state index in [2.05, 4.69) is 25.6 Å². The van der Waals surface area contributed by atoms with Gasteiger partial charge < -0.3 is 10.3 Å². The van der Waals surface area contributed by atoms with Crippen molar-refractivity contribution in [2.45, 2.75) is 13.0 Å². The molecule has 0 saturated heterocycles. The number of fused-ring (bicyclic) bond motifs is 1. The topological polar surface area (TPSA) is 90.0 Å². The highest BCUT2D eigenvalue weighted by Gasteiger charge is 2.11. The van der Waals surface area contributed by atoms with Crippen molar-refractivity contribution in [2.75, 3.05) is 18.5 Å². The molecule has 20 heavy (non-hydrogen) atoms. The van der Waals surface area contributed by atoms with E-state index in [1.807, 2.05) is 0 Å². The summed E-state index contributed by atoms with van der Waals surface area (Å²) in [6.07, 6.45) is 1.63. The van der Waals surface area contributed by atoms with Gasteiger partial charge in [0.2, 0.25) is 16.0 Å². The number of halogens is 2. The van der Waals surface area contributed by atoms with Crippen LogP contribution in [0.3, 0.4) is 0 Å². The van der Waals surface area contributed by atoms with Crippen molar-refractivity contribution in [3.63, 3.8) is 0 Å². The number of hydrogen-bond acceptors (Lipinski definition) is 4. The van der Waals surface area contributed by atoms with Gasteiger partial charge in [-0.1, -0.05) is 0 Å². The Bertz CT molecular complexity index is 744. The number of rotatable bonds is 5. The summed E-state index contributed by atoms with van der Waals surface area (Å²) >= 11 is 3.09. The minimum atomic E-state index is -3.20. The minimum Gasteiger partial charge on any atom is -0.369 e. The van der Waals surface area contributed by atoms with E-state index < -0.39 is 15.8 Å². The molecule has 2 aromatic rings. The summed E-state index contributed by atoms with van der Waals surface area (Å²) in [5.41, 5.74) is 6.97. The summed E-state index contributed by atoms with van der Waals surface area (Å²) in [5.74, 6) is -0.121. The van der Waals surface area contributed by atoms with Gasteiger partial charge in [-0.3, -0.25) is 0 Å². The summed E-state index contributed by atoms with van der Waals surface area (Å²) in [7, 11) is -3.20. The zero-order valence-electron chi connectivity index (χ0n) is 10.7. The van der Waals surface area contributed by atoms with Crippen molar-refractivity contribution in [3.8, 4) is 0 Å². The largest absolute Gasteiger partial charge is 0.369 e. The van der Waals surface area contributed by atoms with E-state index in [0.29, 0.717) is 28.5 Å². The third-order valence-electron chi connectivity index (χ3n) is 2.74. The van der Waals surface area contributed by atoms with Gasteiger partial charge in [0.1, 0.15) is 5.82 Å². The van der Waals surface area contributed by atoms with Gasteiger partial charge in [-0.25, -0.2) is 22.5 Å². The molecule has 0 aliphatic carbocycles. The second kappa shape index (κ2) is 5.66. The van der Waals surface area contributed by atoms with Crippen molar-refractivity contribution in [1.82, 2.24) is 14.3 Å². The van der Waals surface area contributed by atoms with Crippen molar-refractivity contribution in [1.29, 1.82) is 0 Å². The van der Waals surface area contributed by atoms with Crippen LogP contribution in [-0.4, -0.2) is 30.8 Å². The van der Waals surface area contributed by atoms with Crippen LogP contribution in [0.2, 0.25) is 0 Å². The molecule has 2 rings (SSSR count). The fraction of sp³-hybridized carbons (Fsp3) is 0.364. The van der Waals surface area contributed by atoms with Crippen molar-refractivity contribution >= 4 is 42.9 Å². The summed E-state index contributed by atoms with van der Waals surface area (Å²) < 4.78 is 39.8. The SMILES string of the molecule is CS(=O)(=O)NCCCn1c(N)nc2cc(Br)c(F)cc21. The van der Waals surface area contributed by atoms with Gasteiger partial charge in [0, 0.05) is 19.2 Å². The van der Waals surface area contributed by atoms with E-state index in [4.69, 9.17) is 5.73 Å². The van der Waals surface area contributed by atoms with Gasteiger partial charge in [0.05, 0.1) is 21.8 Å². The first-order valence-corrected chi connectivity index (χ1v) is 8.52. The number of hydrogen-bond donors (Lipinski definition) is 2.